The van der Waals surface area contributed by atoms with Crippen molar-refractivity contribution < 1.29 is 28.5 Å². The molecule has 3 aromatic rings. The molecule has 9 heteroatoms. The molecule has 32 heavy (non-hydrogen) atoms. The molecule has 0 bridgehead atoms. The average molecular weight is 457 g/mol. The Bertz CT molecular complexity index is 1090. The van der Waals surface area contributed by atoms with E-state index in [0.717, 1.165) is 16.3 Å². The van der Waals surface area contributed by atoms with Crippen molar-refractivity contribution in [1.82, 2.24) is 4.98 Å². The highest BCUT2D eigenvalue weighted by Gasteiger charge is 2.19. The van der Waals surface area contributed by atoms with E-state index in [1.807, 2.05) is 36.6 Å². The van der Waals surface area contributed by atoms with Crippen LogP contribution in [-0.2, 0) is 22.6 Å². The van der Waals surface area contributed by atoms with Gasteiger partial charge in [0.25, 0.3) is 0 Å². The number of methoxy groups -OCH3 is 3. The van der Waals surface area contributed by atoms with Gasteiger partial charge in [0.05, 0.1) is 44.7 Å². The Morgan fingerprint density at radius 1 is 1.03 bits per heavy atom. The summed E-state index contributed by atoms with van der Waals surface area (Å²) in [7, 11) is 4.19. The van der Waals surface area contributed by atoms with Crippen molar-refractivity contribution in [2.24, 2.45) is 0 Å². The van der Waals surface area contributed by atoms with Crippen LogP contribution in [0.3, 0.4) is 0 Å². The molecule has 0 unspecified atom stereocenters. The summed E-state index contributed by atoms with van der Waals surface area (Å²) in [5.41, 5.74) is 2.18. The van der Waals surface area contributed by atoms with Crippen LogP contribution in [0, 0.1) is 6.92 Å². The molecule has 0 spiro atoms. The number of hydrogen-bond acceptors (Lipinski definition) is 8. The number of esters is 1. The van der Waals surface area contributed by atoms with Crippen molar-refractivity contribution in [2.75, 3.05) is 26.6 Å². The van der Waals surface area contributed by atoms with Crippen molar-refractivity contribution >= 4 is 28.9 Å². The Morgan fingerprint density at radius 3 is 2.38 bits per heavy atom. The van der Waals surface area contributed by atoms with Gasteiger partial charge in [0.2, 0.25) is 5.91 Å². The Labute approximate surface area is 190 Å². The first kappa shape index (κ1) is 23.1. The number of benzene rings is 2. The number of nitrogens with one attached hydrogen (secondary N) is 1. The van der Waals surface area contributed by atoms with Crippen LogP contribution in [0.15, 0.2) is 41.8 Å². The monoisotopic (exact) mass is 456 g/mol. The van der Waals surface area contributed by atoms with Crippen LogP contribution in [0.4, 0.5) is 5.69 Å². The summed E-state index contributed by atoms with van der Waals surface area (Å²) in [5.74, 6) is 0.543. The summed E-state index contributed by atoms with van der Waals surface area (Å²) in [6.07, 6.45) is 0.0377. The van der Waals surface area contributed by atoms with Gasteiger partial charge < -0.3 is 24.3 Å². The first-order chi connectivity index (χ1) is 15.4. The van der Waals surface area contributed by atoms with Crippen LogP contribution in [0.2, 0.25) is 0 Å². The minimum atomic E-state index is -0.606. The normalized spacial score (nSPS) is 10.4. The van der Waals surface area contributed by atoms with Crippen molar-refractivity contribution in [3.8, 4) is 17.2 Å². The molecule has 0 saturated heterocycles. The minimum Gasteiger partial charge on any atom is -0.493 e. The fraction of sp³-hybridized carbons (Fsp3) is 0.261. The van der Waals surface area contributed by atoms with E-state index in [9.17, 15) is 9.59 Å². The molecule has 0 radical (unpaired) electrons. The van der Waals surface area contributed by atoms with Gasteiger partial charge in [0, 0.05) is 17.5 Å². The first-order valence-electron chi connectivity index (χ1n) is 9.70. The summed E-state index contributed by atoms with van der Waals surface area (Å²) in [5, 5.41) is 5.30. The van der Waals surface area contributed by atoms with E-state index in [2.05, 4.69) is 10.3 Å². The fourth-order valence-corrected chi connectivity index (χ4v) is 3.60. The summed E-state index contributed by atoms with van der Waals surface area (Å²) >= 11 is 1.42. The number of hydrogen-bond donors (Lipinski definition) is 1. The van der Waals surface area contributed by atoms with Gasteiger partial charge in [-0.25, -0.2) is 9.78 Å². The van der Waals surface area contributed by atoms with E-state index in [-0.39, 0.29) is 23.6 Å². The van der Waals surface area contributed by atoms with E-state index < -0.39 is 5.97 Å². The number of thiazole rings is 1. The molecule has 0 aliphatic carbocycles. The molecule has 1 aromatic heterocycles. The van der Waals surface area contributed by atoms with Crippen LogP contribution in [0.1, 0.15) is 26.6 Å². The lowest BCUT2D eigenvalue weighted by molar-refractivity contribution is -0.115. The second kappa shape index (κ2) is 10.6. The predicted octanol–water partition coefficient (Wildman–Crippen LogP) is 4.02. The van der Waals surface area contributed by atoms with Crippen molar-refractivity contribution in [3.63, 3.8) is 0 Å². The number of ether oxygens (including phenoxy) is 4. The lowest BCUT2D eigenvalue weighted by Crippen LogP contribution is -2.18. The molecule has 8 nitrogen and oxygen atoms in total. The molecule has 1 amide bonds. The fourth-order valence-electron chi connectivity index (χ4n) is 2.90. The zero-order valence-corrected chi connectivity index (χ0v) is 19.1. The third kappa shape index (κ3) is 5.76. The number of aryl methyl sites for hydroxylation is 1. The standard InChI is InChI=1S/C23H24N2O6S/c1-14-5-7-16(8-6-14)31-12-22-24-15(13-32-22)9-21(26)25-18-11-20(29-3)19(28-2)10-17(18)23(27)30-4/h5-8,10-11,13H,9,12H2,1-4H3,(H,25,26). The molecule has 168 valence electrons. The van der Waals surface area contributed by atoms with Crippen molar-refractivity contribution in [2.45, 2.75) is 20.0 Å². The van der Waals surface area contributed by atoms with Crippen LogP contribution < -0.4 is 19.5 Å². The molecular weight excluding hydrogens is 432 g/mol. The van der Waals surface area contributed by atoms with Crippen LogP contribution in [-0.4, -0.2) is 38.2 Å². The Hall–Kier alpha value is -3.59. The Morgan fingerprint density at radius 2 is 1.72 bits per heavy atom. The molecule has 1 N–H and O–H groups in total. The topological polar surface area (TPSA) is 96.0 Å². The molecule has 0 fully saturated rings. The van der Waals surface area contributed by atoms with Crippen molar-refractivity contribution in [1.29, 1.82) is 0 Å². The summed E-state index contributed by atoms with van der Waals surface area (Å²) in [6.45, 7) is 2.33. The summed E-state index contributed by atoms with van der Waals surface area (Å²) in [6, 6.07) is 10.7. The van der Waals surface area contributed by atoms with Gasteiger partial charge in [-0.05, 0) is 19.1 Å². The number of carbonyl (C=O) groups is 2. The number of rotatable bonds is 9. The lowest BCUT2D eigenvalue weighted by atomic mass is 10.1. The third-order valence-corrected chi connectivity index (χ3v) is 5.40. The van der Waals surface area contributed by atoms with Gasteiger partial charge in [0.1, 0.15) is 17.4 Å². The van der Waals surface area contributed by atoms with Gasteiger partial charge in [-0.15, -0.1) is 11.3 Å². The maximum absolute atomic E-state index is 12.6. The molecule has 0 saturated carbocycles. The van der Waals surface area contributed by atoms with E-state index in [1.54, 1.807) is 0 Å². The van der Waals surface area contributed by atoms with Crippen LogP contribution in [0.5, 0.6) is 17.2 Å². The van der Waals surface area contributed by atoms with Gasteiger partial charge in [-0.1, -0.05) is 17.7 Å². The van der Waals surface area contributed by atoms with Crippen LogP contribution in [0.25, 0.3) is 0 Å². The zero-order valence-electron chi connectivity index (χ0n) is 18.3. The molecule has 0 aliphatic rings. The molecular formula is C23H24N2O6S. The average Bonchev–Trinajstić information content (AvgIpc) is 3.24. The third-order valence-electron chi connectivity index (χ3n) is 4.53. The predicted molar refractivity (Wildman–Crippen MR) is 121 cm³/mol. The number of amides is 1. The minimum absolute atomic E-state index is 0.0377. The van der Waals surface area contributed by atoms with Gasteiger partial charge in [-0.2, -0.15) is 0 Å². The molecule has 2 aromatic carbocycles. The summed E-state index contributed by atoms with van der Waals surface area (Å²) < 4.78 is 21.0. The van der Waals surface area contributed by atoms with E-state index >= 15 is 0 Å². The number of aromatic nitrogens is 1. The largest absolute Gasteiger partial charge is 0.493 e. The zero-order chi connectivity index (χ0) is 23.1. The number of nitrogens with zero attached hydrogens (tertiary/aromatic N) is 1. The second-order valence-corrected chi connectivity index (χ2v) is 7.75. The highest BCUT2D eigenvalue weighted by atomic mass is 32.1. The molecule has 0 aliphatic heterocycles. The van der Waals surface area contributed by atoms with Crippen LogP contribution >= 0.6 is 11.3 Å². The van der Waals surface area contributed by atoms with Gasteiger partial charge >= 0.3 is 5.97 Å². The van der Waals surface area contributed by atoms with E-state index in [0.29, 0.717) is 23.8 Å². The smallest absolute Gasteiger partial charge is 0.340 e. The SMILES string of the molecule is COC(=O)c1cc(OC)c(OC)cc1NC(=O)Cc1csc(COc2ccc(C)cc2)n1. The number of carbonyl (C=O) groups excluding carboxylic acids is 2. The molecule has 1 heterocycles. The highest BCUT2D eigenvalue weighted by Crippen LogP contribution is 2.34. The van der Waals surface area contributed by atoms with E-state index in [4.69, 9.17) is 18.9 Å². The molecule has 0 atom stereocenters. The second-order valence-electron chi connectivity index (χ2n) is 6.80. The van der Waals surface area contributed by atoms with Gasteiger partial charge in [0.15, 0.2) is 11.5 Å². The maximum atomic E-state index is 12.6. The first-order valence-corrected chi connectivity index (χ1v) is 10.6. The lowest BCUT2D eigenvalue weighted by Gasteiger charge is -2.14. The van der Waals surface area contributed by atoms with Crippen molar-refractivity contribution in [3.05, 3.63) is 63.6 Å². The van der Waals surface area contributed by atoms with Gasteiger partial charge in [-0.3, -0.25) is 4.79 Å². The summed E-state index contributed by atoms with van der Waals surface area (Å²) in [4.78, 5) is 29.2. The Balaban J connectivity index is 1.66. The quantitative estimate of drug-likeness (QED) is 0.486. The molecule has 3 rings (SSSR count). The maximum Gasteiger partial charge on any atom is 0.340 e. The highest BCUT2D eigenvalue weighted by molar-refractivity contribution is 7.09. The van der Waals surface area contributed by atoms with E-state index in [1.165, 1.54) is 44.8 Å². The number of anilines is 1. The Kier molecular flexibility index (Phi) is 7.67.